The second-order valence-electron chi connectivity index (χ2n) is 4.77. The van der Waals surface area contributed by atoms with Gasteiger partial charge in [0.2, 0.25) is 0 Å². The van der Waals surface area contributed by atoms with E-state index in [4.69, 9.17) is 4.74 Å². The first-order chi connectivity index (χ1) is 7.54. The highest BCUT2D eigenvalue weighted by Crippen LogP contribution is 2.22. The van der Waals surface area contributed by atoms with E-state index in [-0.39, 0.29) is 5.97 Å². The van der Waals surface area contributed by atoms with Gasteiger partial charge in [0.15, 0.2) is 0 Å². The van der Waals surface area contributed by atoms with Crippen LogP contribution < -0.4 is 0 Å². The summed E-state index contributed by atoms with van der Waals surface area (Å²) in [5, 5.41) is 0. The Morgan fingerprint density at radius 1 is 1.50 bits per heavy atom. The lowest BCUT2D eigenvalue weighted by molar-refractivity contribution is -0.138. The van der Waals surface area contributed by atoms with E-state index in [1.165, 1.54) is 12.8 Å². The third kappa shape index (κ3) is 3.63. The molecule has 1 rings (SSSR count). The van der Waals surface area contributed by atoms with Gasteiger partial charge in [-0.15, -0.1) is 0 Å². The van der Waals surface area contributed by atoms with Crippen LogP contribution in [0.2, 0.25) is 0 Å². The molecule has 0 aromatic rings. The summed E-state index contributed by atoms with van der Waals surface area (Å²) in [6.45, 7) is 12.2. The molecule has 1 aliphatic rings. The topological polar surface area (TPSA) is 29.5 Å². The van der Waals surface area contributed by atoms with Gasteiger partial charge in [0.1, 0.15) is 0 Å². The highest BCUT2D eigenvalue weighted by molar-refractivity contribution is 5.88. The number of rotatable bonds is 4. The number of carbonyl (C=O) groups excluding carboxylic acids is 1. The number of hydrogen-bond donors (Lipinski definition) is 0. The van der Waals surface area contributed by atoms with Crippen LogP contribution in [0.3, 0.4) is 0 Å². The Kier molecular flexibility index (Phi) is 5.00. The van der Waals surface area contributed by atoms with Crippen molar-refractivity contribution in [1.29, 1.82) is 0 Å². The van der Waals surface area contributed by atoms with Gasteiger partial charge in [0.25, 0.3) is 0 Å². The first kappa shape index (κ1) is 13.2. The second kappa shape index (κ2) is 6.04. The minimum Gasteiger partial charge on any atom is -0.463 e. The van der Waals surface area contributed by atoms with Crippen LogP contribution in [0.4, 0.5) is 0 Å². The average Bonchev–Trinajstić information content (AvgIpc) is 2.22. The van der Waals surface area contributed by atoms with Crippen molar-refractivity contribution in [3.63, 3.8) is 0 Å². The zero-order valence-electron chi connectivity index (χ0n) is 10.7. The maximum atomic E-state index is 11.4. The van der Waals surface area contributed by atoms with Crippen LogP contribution in [0.5, 0.6) is 0 Å². The Bertz CT molecular complexity index is 263. The van der Waals surface area contributed by atoms with Gasteiger partial charge in [-0.3, -0.25) is 4.90 Å². The first-order valence-electron chi connectivity index (χ1n) is 6.13. The van der Waals surface area contributed by atoms with Gasteiger partial charge >= 0.3 is 5.97 Å². The van der Waals surface area contributed by atoms with Gasteiger partial charge < -0.3 is 4.74 Å². The molecule has 16 heavy (non-hydrogen) atoms. The number of esters is 1. The fraction of sp³-hybridized carbons (Fsp3) is 0.769. The summed E-state index contributed by atoms with van der Waals surface area (Å²) in [6, 6.07) is 0.537. The maximum absolute atomic E-state index is 11.4. The third-order valence-corrected chi connectivity index (χ3v) is 3.23. The number of carbonyl (C=O) groups is 1. The predicted octanol–water partition coefficient (Wildman–Crippen LogP) is 2.23. The molecule has 0 aromatic carbocycles. The summed E-state index contributed by atoms with van der Waals surface area (Å²) < 4.78 is 4.94. The van der Waals surface area contributed by atoms with E-state index in [1.54, 1.807) is 0 Å². The van der Waals surface area contributed by atoms with Crippen molar-refractivity contribution < 1.29 is 9.53 Å². The molecule has 0 aliphatic carbocycles. The zero-order chi connectivity index (χ0) is 12.1. The lowest BCUT2D eigenvalue weighted by Gasteiger charge is -2.36. The standard InChI is InChI=1S/C13H23NO2/c1-5-16-13(15)11(3)9-14-7-6-10(2)8-12(14)4/h10,12H,3,5-9H2,1-2,4H3. The average molecular weight is 225 g/mol. The molecule has 0 saturated carbocycles. The van der Waals surface area contributed by atoms with Crippen molar-refractivity contribution >= 4 is 5.97 Å². The van der Waals surface area contributed by atoms with E-state index < -0.39 is 0 Å². The smallest absolute Gasteiger partial charge is 0.334 e. The Labute approximate surface area is 98.5 Å². The fourth-order valence-electron chi connectivity index (χ4n) is 2.23. The molecule has 0 radical (unpaired) electrons. The molecule has 1 saturated heterocycles. The van der Waals surface area contributed by atoms with Gasteiger partial charge in [-0.2, -0.15) is 0 Å². The molecule has 3 nitrogen and oxygen atoms in total. The highest BCUT2D eigenvalue weighted by Gasteiger charge is 2.24. The number of piperidine rings is 1. The van der Waals surface area contributed by atoms with E-state index in [0.717, 1.165) is 12.5 Å². The van der Waals surface area contributed by atoms with Crippen LogP contribution in [0.25, 0.3) is 0 Å². The number of ether oxygens (including phenoxy) is 1. The summed E-state index contributed by atoms with van der Waals surface area (Å²) in [5.41, 5.74) is 0.572. The molecule has 2 unspecified atom stereocenters. The van der Waals surface area contributed by atoms with E-state index in [1.807, 2.05) is 6.92 Å². The highest BCUT2D eigenvalue weighted by atomic mass is 16.5. The van der Waals surface area contributed by atoms with Crippen molar-refractivity contribution in [2.75, 3.05) is 19.7 Å². The van der Waals surface area contributed by atoms with Crippen LogP contribution in [0.1, 0.15) is 33.6 Å². The van der Waals surface area contributed by atoms with Crippen molar-refractivity contribution in [1.82, 2.24) is 4.90 Å². The first-order valence-corrected chi connectivity index (χ1v) is 6.13. The summed E-state index contributed by atoms with van der Waals surface area (Å²) in [6.07, 6.45) is 2.41. The Morgan fingerprint density at radius 2 is 2.19 bits per heavy atom. The molecule has 1 fully saturated rings. The Hall–Kier alpha value is -0.830. The van der Waals surface area contributed by atoms with Crippen LogP contribution >= 0.6 is 0 Å². The lowest BCUT2D eigenvalue weighted by Crippen LogP contribution is -2.41. The second-order valence-corrected chi connectivity index (χ2v) is 4.77. The molecule has 0 aromatic heterocycles. The minimum absolute atomic E-state index is 0.256. The fourth-order valence-corrected chi connectivity index (χ4v) is 2.23. The Balaban J connectivity index is 2.42. The maximum Gasteiger partial charge on any atom is 0.334 e. The monoisotopic (exact) mass is 225 g/mol. The molecule has 0 bridgehead atoms. The Morgan fingerprint density at radius 3 is 2.75 bits per heavy atom. The molecule has 0 N–H and O–H groups in total. The van der Waals surface area contributed by atoms with Crippen molar-refractivity contribution in [3.8, 4) is 0 Å². The molecular formula is C13H23NO2. The van der Waals surface area contributed by atoms with E-state index >= 15 is 0 Å². The predicted molar refractivity (Wildman–Crippen MR) is 65.2 cm³/mol. The third-order valence-electron chi connectivity index (χ3n) is 3.23. The molecule has 1 heterocycles. The number of nitrogens with zero attached hydrogens (tertiary/aromatic N) is 1. The summed E-state index contributed by atoms with van der Waals surface area (Å²) in [5.74, 6) is 0.537. The number of hydrogen-bond acceptors (Lipinski definition) is 3. The molecule has 0 amide bonds. The van der Waals surface area contributed by atoms with Crippen LogP contribution in [0.15, 0.2) is 12.2 Å². The van der Waals surface area contributed by atoms with Crippen LogP contribution in [-0.2, 0) is 9.53 Å². The number of likely N-dealkylation sites (tertiary alicyclic amines) is 1. The largest absolute Gasteiger partial charge is 0.463 e. The SMILES string of the molecule is C=C(CN1CCC(C)CC1C)C(=O)OCC. The van der Waals surface area contributed by atoms with Gasteiger partial charge in [0.05, 0.1) is 6.61 Å². The van der Waals surface area contributed by atoms with Gasteiger partial charge in [-0.1, -0.05) is 13.5 Å². The summed E-state index contributed by atoms with van der Waals surface area (Å²) >= 11 is 0. The van der Waals surface area contributed by atoms with Gasteiger partial charge in [-0.05, 0) is 39.2 Å². The zero-order valence-corrected chi connectivity index (χ0v) is 10.7. The minimum atomic E-state index is -0.256. The van der Waals surface area contributed by atoms with Crippen molar-refractivity contribution in [2.45, 2.75) is 39.7 Å². The molecule has 3 heteroatoms. The molecule has 1 aliphatic heterocycles. The van der Waals surface area contributed by atoms with E-state index in [2.05, 4.69) is 25.3 Å². The van der Waals surface area contributed by atoms with Gasteiger partial charge in [-0.25, -0.2) is 4.79 Å². The van der Waals surface area contributed by atoms with Crippen LogP contribution in [-0.4, -0.2) is 36.6 Å². The van der Waals surface area contributed by atoms with Crippen molar-refractivity contribution in [3.05, 3.63) is 12.2 Å². The lowest BCUT2D eigenvalue weighted by atomic mass is 9.93. The molecule has 0 spiro atoms. The van der Waals surface area contributed by atoms with Gasteiger partial charge in [0, 0.05) is 18.2 Å². The summed E-state index contributed by atoms with van der Waals surface area (Å²) in [4.78, 5) is 13.8. The van der Waals surface area contributed by atoms with Crippen LogP contribution in [0, 0.1) is 5.92 Å². The van der Waals surface area contributed by atoms with E-state index in [0.29, 0.717) is 24.8 Å². The van der Waals surface area contributed by atoms with E-state index in [9.17, 15) is 4.79 Å². The molecular weight excluding hydrogens is 202 g/mol. The molecule has 92 valence electrons. The van der Waals surface area contributed by atoms with Crippen molar-refractivity contribution in [2.24, 2.45) is 5.92 Å². The molecule has 2 atom stereocenters. The quantitative estimate of drug-likeness (QED) is 0.543. The summed E-state index contributed by atoms with van der Waals surface area (Å²) in [7, 11) is 0. The normalized spacial score (nSPS) is 26.4.